The number of carbonyl (C=O) groups is 3. The lowest BCUT2D eigenvalue weighted by molar-refractivity contribution is -0.194. The fraction of sp³-hybridized carbons (Fsp3) is 0.889. The van der Waals surface area contributed by atoms with Crippen LogP contribution in [0.3, 0.4) is 0 Å². The van der Waals surface area contributed by atoms with Crippen LogP contribution in [-0.4, -0.2) is 61.1 Å². The molecule has 2 saturated heterocycles. The zero-order valence-corrected chi connectivity index (χ0v) is 21.4. The van der Waals surface area contributed by atoms with Gasteiger partial charge >= 0.3 is 17.9 Å². The molecule has 0 aromatic carbocycles. The van der Waals surface area contributed by atoms with Gasteiger partial charge in [0.1, 0.15) is 12.7 Å². The van der Waals surface area contributed by atoms with Gasteiger partial charge in [0.15, 0.2) is 0 Å². The summed E-state index contributed by atoms with van der Waals surface area (Å²) in [7, 11) is 0. The summed E-state index contributed by atoms with van der Waals surface area (Å²) in [4.78, 5) is 39.2. The number of aliphatic carboxylic acids is 1. The molecular formula is C27H38O8. The van der Waals surface area contributed by atoms with Crippen molar-refractivity contribution in [2.75, 3.05) is 19.8 Å². The first-order valence-corrected chi connectivity index (χ1v) is 13.3. The lowest BCUT2D eigenvalue weighted by Gasteiger charge is -2.49. The van der Waals surface area contributed by atoms with E-state index < -0.39 is 34.7 Å². The minimum atomic E-state index is -1.69. The number of esters is 2. The second kappa shape index (κ2) is 7.21. The molecule has 1 N–H and O–H groups in total. The van der Waals surface area contributed by atoms with Gasteiger partial charge in [-0.3, -0.25) is 14.4 Å². The van der Waals surface area contributed by atoms with Crippen molar-refractivity contribution in [2.45, 2.75) is 78.6 Å². The third-order valence-electron chi connectivity index (χ3n) is 11.7. The number of rotatable bonds is 9. The first-order chi connectivity index (χ1) is 16.4. The summed E-state index contributed by atoms with van der Waals surface area (Å²) < 4.78 is 22.7. The van der Waals surface area contributed by atoms with E-state index in [1.165, 1.54) is 6.92 Å². The van der Waals surface area contributed by atoms with Crippen molar-refractivity contribution in [1.29, 1.82) is 0 Å². The zero-order valence-electron chi connectivity index (χ0n) is 21.4. The molecule has 4 saturated carbocycles. The average Bonchev–Trinajstić information content (AvgIpc) is 3.68. The van der Waals surface area contributed by atoms with Gasteiger partial charge in [-0.2, -0.15) is 0 Å². The summed E-state index contributed by atoms with van der Waals surface area (Å²) in [5, 5.41) is 10.3. The van der Waals surface area contributed by atoms with Crippen LogP contribution in [-0.2, 0) is 33.3 Å². The van der Waals surface area contributed by atoms with E-state index in [1.54, 1.807) is 20.8 Å². The highest BCUT2D eigenvalue weighted by atomic mass is 16.6. The van der Waals surface area contributed by atoms with E-state index in [0.29, 0.717) is 54.5 Å². The second-order valence-electron chi connectivity index (χ2n) is 13.1. The standard InChI is InChI=1S/C27H38O8/c1-6-26(10-32-11-26)12-33-23(31)24(3,4)25(5,22(29)30)13(2)21(28)35-17-7-14-19-15(8-18-20(19)34-18)27(14)9-16(17)27/h13-20H,6-12H2,1-5H3,(H,29,30). The number of epoxide rings is 1. The smallest absolute Gasteiger partial charge is 0.312 e. The quantitative estimate of drug-likeness (QED) is 0.388. The van der Waals surface area contributed by atoms with Gasteiger partial charge in [0.25, 0.3) is 0 Å². The molecule has 0 aromatic rings. The van der Waals surface area contributed by atoms with E-state index in [-0.39, 0.29) is 18.1 Å². The molecular weight excluding hydrogens is 452 g/mol. The van der Waals surface area contributed by atoms with E-state index in [9.17, 15) is 19.5 Å². The van der Waals surface area contributed by atoms with Crippen molar-refractivity contribution in [1.82, 2.24) is 0 Å². The van der Waals surface area contributed by atoms with E-state index in [1.807, 2.05) is 6.92 Å². The Morgan fingerprint density at radius 1 is 1.11 bits per heavy atom. The van der Waals surface area contributed by atoms with Crippen molar-refractivity contribution in [3.8, 4) is 0 Å². The number of ether oxygens (including phenoxy) is 4. The highest BCUT2D eigenvalue weighted by molar-refractivity contribution is 5.91. The van der Waals surface area contributed by atoms with Crippen LogP contribution in [0.5, 0.6) is 0 Å². The number of carboxylic acids is 1. The number of hydrogen-bond donors (Lipinski definition) is 1. The Balaban J connectivity index is 1.13. The molecule has 0 bridgehead atoms. The predicted molar refractivity (Wildman–Crippen MR) is 122 cm³/mol. The van der Waals surface area contributed by atoms with E-state index in [4.69, 9.17) is 18.9 Å². The van der Waals surface area contributed by atoms with Gasteiger partial charge in [-0.25, -0.2) is 0 Å². The van der Waals surface area contributed by atoms with Crippen LogP contribution in [0.15, 0.2) is 0 Å². The zero-order chi connectivity index (χ0) is 25.1. The number of carbonyl (C=O) groups excluding carboxylic acids is 2. The Bertz CT molecular complexity index is 965. The Morgan fingerprint density at radius 3 is 2.40 bits per heavy atom. The maximum Gasteiger partial charge on any atom is 0.312 e. The number of carboxylic acid groups (broad SMARTS) is 1. The second-order valence-corrected chi connectivity index (χ2v) is 13.1. The largest absolute Gasteiger partial charge is 0.481 e. The topological polar surface area (TPSA) is 112 Å². The average molecular weight is 491 g/mol. The molecule has 0 aromatic heterocycles. The number of fused-ring (bicyclic) bond motifs is 4. The van der Waals surface area contributed by atoms with Crippen molar-refractivity contribution in [3.63, 3.8) is 0 Å². The lowest BCUT2D eigenvalue weighted by atomic mass is 9.55. The van der Waals surface area contributed by atoms with Crippen molar-refractivity contribution >= 4 is 17.9 Å². The SMILES string of the molecule is CCC1(COC(=O)C(C)(C)C(C)(C(=O)O)C(C)C(=O)OC2CC3C4C5OC5CC4C34CC24)COC1. The van der Waals surface area contributed by atoms with Gasteiger partial charge in [0, 0.05) is 5.92 Å². The summed E-state index contributed by atoms with van der Waals surface area (Å²) >= 11 is 0. The first-order valence-electron chi connectivity index (χ1n) is 13.3. The van der Waals surface area contributed by atoms with Crippen LogP contribution >= 0.6 is 0 Å². The van der Waals surface area contributed by atoms with E-state index in [2.05, 4.69) is 0 Å². The van der Waals surface area contributed by atoms with Crippen LogP contribution in [0.4, 0.5) is 0 Å². The van der Waals surface area contributed by atoms with Crippen LogP contribution in [0, 0.1) is 51.2 Å². The normalized spacial score (nSPS) is 43.6. The van der Waals surface area contributed by atoms with E-state index in [0.717, 1.165) is 25.7 Å². The molecule has 10 atom stereocenters. The Hall–Kier alpha value is -1.67. The molecule has 0 amide bonds. The van der Waals surface area contributed by atoms with Crippen molar-refractivity contribution in [2.24, 2.45) is 51.2 Å². The van der Waals surface area contributed by atoms with Gasteiger partial charge in [-0.15, -0.1) is 0 Å². The Morgan fingerprint density at radius 2 is 1.80 bits per heavy atom. The molecule has 4 aliphatic carbocycles. The molecule has 1 spiro atoms. The predicted octanol–water partition coefficient (Wildman–Crippen LogP) is 3.06. The lowest BCUT2D eigenvalue weighted by Crippen LogP contribution is -2.55. The molecule has 6 aliphatic rings. The van der Waals surface area contributed by atoms with Crippen LogP contribution in [0.2, 0.25) is 0 Å². The number of hydrogen-bond acceptors (Lipinski definition) is 7. The van der Waals surface area contributed by atoms with Crippen LogP contribution < -0.4 is 0 Å². The van der Waals surface area contributed by atoms with Gasteiger partial charge in [-0.1, -0.05) is 13.8 Å². The molecule has 0 radical (unpaired) electrons. The molecule has 6 rings (SSSR count). The molecule has 35 heavy (non-hydrogen) atoms. The molecule has 194 valence electrons. The monoisotopic (exact) mass is 490 g/mol. The van der Waals surface area contributed by atoms with Crippen LogP contribution in [0.25, 0.3) is 0 Å². The Kier molecular flexibility index (Phi) is 4.89. The minimum absolute atomic E-state index is 0.158. The molecule has 8 heteroatoms. The summed E-state index contributed by atoms with van der Waals surface area (Å²) in [6.45, 7) is 9.40. The molecule has 10 unspecified atom stereocenters. The van der Waals surface area contributed by atoms with Gasteiger partial charge in [0.2, 0.25) is 0 Å². The van der Waals surface area contributed by atoms with Crippen molar-refractivity contribution < 1.29 is 38.4 Å². The maximum absolute atomic E-state index is 13.4. The van der Waals surface area contributed by atoms with E-state index >= 15 is 0 Å². The van der Waals surface area contributed by atoms with Crippen molar-refractivity contribution in [3.05, 3.63) is 0 Å². The third kappa shape index (κ3) is 2.90. The highest BCUT2D eigenvalue weighted by Gasteiger charge is 2.85. The molecule has 2 heterocycles. The highest BCUT2D eigenvalue weighted by Crippen LogP contribution is 2.85. The molecule has 2 aliphatic heterocycles. The third-order valence-corrected chi connectivity index (χ3v) is 11.7. The summed E-state index contributed by atoms with van der Waals surface area (Å²) in [6.07, 6.45) is 4.65. The van der Waals surface area contributed by atoms with Gasteiger partial charge in [-0.05, 0) is 69.6 Å². The summed E-state index contributed by atoms with van der Waals surface area (Å²) in [6, 6.07) is 0. The fourth-order valence-electron chi connectivity index (χ4n) is 8.37. The summed E-state index contributed by atoms with van der Waals surface area (Å²) in [5.74, 6) is -1.07. The fourth-order valence-corrected chi connectivity index (χ4v) is 8.37. The minimum Gasteiger partial charge on any atom is -0.481 e. The summed E-state index contributed by atoms with van der Waals surface area (Å²) in [5.41, 5.74) is -3.00. The maximum atomic E-state index is 13.4. The first kappa shape index (κ1) is 23.7. The van der Waals surface area contributed by atoms with Gasteiger partial charge in [0.05, 0.1) is 47.6 Å². The Labute approximate surface area is 206 Å². The van der Waals surface area contributed by atoms with Gasteiger partial charge < -0.3 is 24.1 Å². The molecule has 6 fully saturated rings. The molecule has 8 nitrogen and oxygen atoms in total. The van der Waals surface area contributed by atoms with Crippen LogP contribution in [0.1, 0.15) is 60.3 Å².